The van der Waals surface area contributed by atoms with Gasteiger partial charge in [-0.3, -0.25) is 9.59 Å². The summed E-state index contributed by atoms with van der Waals surface area (Å²) in [4.78, 5) is 26.9. The molecule has 170 valence electrons. The fraction of sp³-hybridized carbons (Fsp3) is 0.417. The highest BCUT2D eigenvalue weighted by atomic mass is 32.2. The number of piperidine rings is 1. The summed E-state index contributed by atoms with van der Waals surface area (Å²) < 4.78 is 27.8. The molecule has 4 rings (SSSR count). The first kappa shape index (κ1) is 22.5. The van der Waals surface area contributed by atoms with Crippen LogP contribution in [-0.4, -0.2) is 44.2 Å². The van der Waals surface area contributed by atoms with E-state index in [1.165, 1.54) is 4.90 Å². The lowest BCUT2D eigenvalue weighted by molar-refractivity contribution is -0.121. The second kappa shape index (κ2) is 9.03. The summed E-state index contributed by atoms with van der Waals surface area (Å²) >= 11 is 0. The number of fused-ring (bicyclic) bond motifs is 1. The van der Waals surface area contributed by atoms with Crippen molar-refractivity contribution in [1.29, 1.82) is 0 Å². The van der Waals surface area contributed by atoms with E-state index < -0.39 is 10.0 Å². The Morgan fingerprint density at radius 2 is 1.84 bits per heavy atom. The van der Waals surface area contributed by atoms with Crippen LogP contribution in [0.4, 0.5) is 11.4 Å². The average molecular weight is 456 g/mol. The Morgan fingerprint density at radius 1 is 1.09 bits per heavy atom. The molecule has 7 nitrogen and oxygen atoms in total. The summed E-state index contributed by atoms with van der Waals surface area (Å²) in [6, 6.07) is 12.3. The van der Waals surface area contributed by atoms with Crippen molar-refractivity contribution in [2.24, 2.45) is 5.92 Å². The molecule has 1 saturated heterocycles. The van der Waals surface area contributed by atoms with Gasteiger partial charge >= 0.3 is 0 Å². The van der Waals surface area contributed by atoms with Gasteiger partial charge in [-0.25, -0.2) is 8.42 Å². The SMILES string of the molecule is Cc1cccc(NC(=O)CN2C(=O)CCc3cc(S(=O)(=O)N4CCC(C)CC4)ccc32)c1. The smallest absolute Gasteiger partial charge is 0.244 e. The van der Waals surface area contributed by atoms with E-state index in [1.54, 1.807) is 28.6 Å². The maximum Gasteiger partial charge on any atom is 0.244 e. The normalized spacial score (nSPS) is 17.8. The zero-order chi connectivity index (χ0) is 22.9. The van der Waals surface area contributed by atoms with E-state index >= 15 is 0 Å². The lowest BCUT2D eigenvalue weighted by Gasteiger charge is -2.31. The van der Waals surface area contributed by atoms with Crippen LogP contribution in [-0.2, 0) is 26.0 Å². The van der Waals surface area contributed by atoms with Crippen LogP contribution in [0.1, 0.15) is 37.3 Å². The number of nitrogens with one attached hydrogen (secondary N) is 1. The second-order valence-electron chi connectivity index (χ2n) is 8.77. The molecule has 1 fully saturated rings. The number of nitrogens with zero attached hydrogens (tertiary/aromatic N) is 2. The Hall–Kier alpha value is -2.71. The van der Waals surface area contributed by atoms with Crippen LogP contribution >= 0.6 is 0 Å². The molecule has 2 aliphatic heterocycles. The van der Waals surface area contributed by atoms with Gasteiger partial charge in [-0.05, 0) is 73.6 Å². The first-order chi connectivity index (χ1) is 15.2. The van der Waals surface area contributed by atoms with Gasteiger partial charge in [-0.15, -0.1) is 0 Å². The number of hydrogen-bond donors (Lipinski definition) is 1. The van der Waals surface area contributed by atoms with E-state index in [0.29, 0.717) is 36.8 Å². The molecular formula is C24H29N3O4S. The van der Waals surface area contributed by atoms with Crippen molar-refractivity contribution in [3.63, 3.8) is 0 Å². The third-order valence-electron chi connectivity index (χ3n) is 6.23. The topological polar surface area (TPSA) is 86.8 Å². The summed E-state index contributed by atoms with van der Waals surface area (Å²) in [6.07, 6.45) is 2.44. The number of carbonyl (C=O) groups is 2. The lowest BCUT2D eigenvalue weighted by Crippen LogP contribution is -2.41. The molecule has 0 saturated carbocycles. The largest absolute Gasteiger partial charge is 0.325 e. The molecular weight excluding hydrogens is 426 g/mol. The average Bonchev–Trinajstić information content (AvgIpc) is 2.75. The van der Waals surface area contributed by atoms with E-state index in [0.717, 1.165) is 24.0 Å². The fourth-order valence-electron chi connectivity index (χ4n) is 4.31. The van der Waals surface area contributed by atoms with Crippen LogP contribution in [0.25, 0.3) is 0 Å². The Kier molecular flexibility index (Phi) is 6.35. The first-order valence-corrected chi connectivity index (χ1v) is 12.5. The molecule has 0 atom stereocenters. The second-order valence-corrected chi connectivity index (χ2v) is 10.7. The molecule has 0 aromatic heterocycles. The molecule has 2 aliphatic rings. The van der Waals surface area contributed by atoms with Gasteiger partial charge in [0.2, 0.25) is 21.8 Å². The number of carbonyl (C=O) groups excluding carboxylic acids is 2. The molecule has 0 bridgehead atoms. The maximum absolute atomic E-state index is 13.1. The van der Waals surface area contributed by atoms with Crippen LogP contribution in [0.5, 0.6) is 0 Å². The molecule has 0 unspecified atom stereocenters. The first-order valence-electron chi connectivity index (χ1n) is 11.0. The van der Waals surface area contributed by atoms with Crippen LogP contribution in [0.15, 0.2) is 47.4 Å². The van der Waals surface area contributed by atoms with Gasteiger partial charge in [0.15, 0.2) is 0 Å². The zero-order valence-corrected chi connectivity index (χ0v) is 19.3. The predicted octanol–water partition coefficient (Wildman–Crippen LogP) is 3.33. The van der Waals surface area contributed by atoms with Gasteiger partial charge in [-0.1, -0.05) is 19.1 Å². The molecule has 32 heavy (non-hydrogen) atoms. The summed E-state index contributed by atoms with van der Waals surface area (Å²) in [6.45, 7) is 5.03. The van der Waals surface area contributed by atoms with Crippen LogP contribution in [0.2, 0.25) is 0 Å². The Balaban J connectivity index is 1.53. The minimum Gasteiger partial charge on any atom is -0.325 e. The summed E-state index contributed by atoms with van der Waals surface area (Å²) in [5, 5.41) is 2.83. The number of aryl methyl sites for hydroxylation is 2. The zero-order valence-electron chi connectivity index (χ0n) is 18.5. The van der Waals surface area contributed by atoms with Crippen LogP contribution in [0.3, 0.4) is 0 Å². The molecule has 0 aliphatic carbocycles. The molecule has 8 heteroatoms. The number of hydrogen-bond acceptors (Lipinski definition) is 4. The third-order valence-corrected chi connectivity index (χ3v) is 8.13. The molecule has 1 N–H and O–H groups in total. The van der Waals surface area contributed by atoms with Crippen molar-refractivity contribution in [3.05, 3.63) is 53.6 Å². The van der Waals surface area contributed by atoms with E-state index in [9.17, 15) is 18.0 Å². The molecule has 2 aromatic carbocycles. The van der Waals surface area contributed by atoms with Crippen LogP contribution in [0, 0.1) is 12.8 Å². The molecule has 2 amide bonds. The number of sulfonamides is 1. The van der Waals surface area contributed by atoms with Gasteiger partial charge in [0.1, 0.15) is 6.54 Å². The van der Waals surface area contributed by atoms with Crippen molar-refractivity contribution in [2.75, 3.05) is 29.9 Å². The van der Waals surface area contributed by atoms with Crippen molar-refractivity contribution in [1.82, 2.24) is 4.31 Å². The van der Waals surface area contributed by atoms with Gasteiger partial charge in [0.05, 0.1) is 4.90 Å². The van der Waals surface area contributed by atoms with E-state index in [-0.39, 0.29) is 29.7 Å². The Morgan fingerprint density at radius 3 is 2.56 bits per heavy atom. The predicted molar refractivity (Wildman–Crippen MR) is 124 cm³/mol. The number of rotatable bonds is 5. The van der Waals surface area contributed by atoms with Gasteiger partial charge in [-0.2, -0.15) is 4.31 Å². The Bertz CT molecular complexity index is 1140. The van der Waals surface area contributed by atoms with Crippen LogP contribution < -0.4 is 10.2 Å². The quantitative estimate of drug-likeness (QED) is 0.749. The molecule has 0 spiro atoms. The number of benzene rings is 2. The van der Waals surface area contributed by atoms with Crippen molar-refractivity contribution in [2.45, 2.75) is 44.4 Å². The minimum absolute atomic E-state index is 0.115. The summed E-state index contributed by atoms with van der Waals surface area (Å²) in [5.74, 6) is 0.101. The molecule has 0 radical (unpaired) electrons. The minimum atomic E-state index is -3.57. The van der Waals surface area contributed by atoms with E-state index in [2.05, 4.69) is 12.2 Å². The van der Waals surface area contributed by atoms with Gasteiger partial charge in [0.25, 0.3) is 0 Å². The van der Waals surface area contributed by atoms with E-state index in [4.69, 9.17) is 0 Å². The maximum atomic E-state index is 13.1. The highest BCUT2D eigenvalue weighted by Gasteiger charge is 2.31. The monoisotopic (exact) mass is 455 g/mol. The summed E-state index contributed by atoms with van der Waals surface area (Å²) in [7, 11) is -3.57. The highest BCUT2D eigenvalue weighted by Crippen LogP contribution is 2.32. The Labute approximate surface area is 189 Å². The van der Waals surface area contributed by atoms with Gasteiger partial charge < -0.3 is 10.2 Å². The standard InChI is InChI=1S/C24H29N3O4S/c1-17-10-12-26(13-11-17)32(30,31)21-7-8-22-19(15-21)6-9-24(29)27(22)16-23(28)25-20-5-3-4-18(2)14-20/h3-5,7-8,14-15,17H,6,9-13,16H2,1-2H3,(H,25,28). The van der Waals surface area contributed by atoms with Gasteiger partial charge in [0, 0.05) is 30.9 Å². The lowest BCUT2D eigenvalue weighted by atomic mass is 10.0. The molecule has 2 aromatic rings. The van der Waals surface area contributed by atoms with E-state index in [1.807, 2.05) is 25.1 Å². The van der Waals surface area contributed by atoms with Crippen molar-refractivity contribution < 1.29 is 18.0 Å². The summed E-state index contributed by atoms with van der Waals surface area (Å²) in [5.41, 5.74) is 3.09. The fourth-order valence-corrected chi connectivity index (χ4v) is 5.83. The number of anilines is 2. The third kappa shape index (κ3) is 4.71. The highest BCUT2D eigenvalue weighted by molar-refractivity contribution is 7.89. The van der Waals surface area contributed by atoms with Crippen molar-refractivity contribution in [3.8, 4) is 0 Å². The van der Waals surface area contributed by atoms with Crippen molar-refractivity contribution >= 4 is 33.2 Å². The number of amides is 2. The molecule has 2 heterocycles.